The van der Waals surface area contributed by atoms with Gasteiger partial charge in [0.05, 0.1) is 5.75 Å². The van der Waals surface area contributed by atoms with Crippen molar-refractivity contribution in [3.05, 3.63) is 29.8 Å². The summed E-state index contributed by atoms with van der Waals surface area (Å²) in [5.41, 5.74) is 2.09. The second kappa shape index (κ2) is 5.08. The van der Waals surface area contributed by atoms with Crippen molar-refractivity contribution in [3.63, 3.8) is 0 Å². The fraction of sp³-hybridized carbons (Fsp3) is 0.538. The molecule has 0 radical (unpaired) electrons. The first kappa shape index (κ1) is 14.0. The third-order valence-electron chi connectivity index (χ3n) is 2.34. The molecule has 96 valence electrons. The number of anilines is 1. The Labute approximate surface area is 104 Å². The summed E-state index contributed by atoms with van der Waals surface area (Å²) in [6.45, 7) is 8.17. The van der Waals surface area contributed by atoms with Crippen molar-refractivity contribution in [3.8, 4) is 0 Å². The van der Waals surface area contributed by atoms with Gasteiger partial charge in [-0.25, -0.2) is 8.42 Å². The molecule has 0 saturated heterocycles. The SMILES string of the molecule is CCS(=O)(=O)Nc1ccc(CC(C)(C)C)cc1. The monoisotopic (exact) mass is 255 g/mol. The molecule has 0 heterocycles. The van der Waals surface area contributed by atoms with Crippen molar-refractivity contribution in [2.24, 2.45) is 5.41 Å². The molecule has 3 nitrogen and oxygen atoms in total. The molecule has 0 aromatic heterocycles. The first-order valence-corrected chi connectivity index (χ1v) is 7.46. The molecule has 17 heavy (non-hydrogen) atoms. The molecule has 1 rings (SSSR count). The van der Waals surface area contributed by atoms with Crippen molar-refractivity contribution in [1.29, 1.82) is 0 Å². The van der Waals surface area contributed by atoms with E-state index >= 15 is 0 Å². The van der Waals surface area contributed by atoms with Crippen LogP contribution >= 0.6 is 0 Å². The summed E-state index contributed by atoms with van der Waals surface area (Å²) in [5, 5.41) is 0. The van der Waals surface area contributed by atoms with Crippen LogP contribution in [0.4, 0.5) is 5.69 Å². The first-order chi connectivity index (χ1) is 7.72. The minimum Gasteiger partial charge on any atom is -0.284 e. The summed E-state index contributed by atoms with van der Waals surface area (Å²) in [4.78, 5) is 0. The van der Waals surface area contributed by atoms with Gasteiger partial charge in [0, 0.05) is 5.69 Å². The van der Waals surface area contributed by atoms with Gasteiger partial charge in [0.25, 0.3) is 0 Å². The van der Waals surface area contributed by atoms with Gasteiger partial charge >= 0.3 is 0 Å². The minimum atomic E-state index is -3.17. The van der Waals surface area contributed by atoms with Crippen molar-refractivity contribution in [1.82, 2.24) is 0 Å². The van der Waals surface area contributed by atoms with Crippen LogP contribution < -0.4 is 4.72 Å². The number of hydrogen-bond donors (Lipinski definition) is 1. The van der Waals surface area contributed by atoms with Crippen molar-refractivity contribution < 1.29 is 8.42 Å². The Bertz CT molecular complexity index is 455. The molecule has 0 atom stereocenters. The number of benzene rings is 1. The molecule has 0 aliphatic heterocycles. The number of nitrogens with one attached hydrogen (secondary N) is 1. The van der Waals surface area contributed by atoms with Gasteiger partial charge < -0.3 is 0 Å². The van der Waals surface area contributed by atoms with E-state index in [-0.39, 0.29) is 11.2 Å². The summed E-state index contributed by atoms with van der Waals surface area (Å²) in [5.74, 6) is 0.0940. The predicted molar refractivity (Wildman–Crippen MR) is 72.7 cm³/mol. The Balaban J connectivity index is 2.76. The molecule has 0 bridgehead atoms. The quantitative estimate of drug-likeness (QED) is 0.899. The summed E-state index contributed by atoms with van der Waals surface area (Å²) < 4.78 is 25.3. The number of hydrogen-bond acceptors (Lipinski definition) is 2. The average molecular weight is 255 g/mol. The second-order valence-electron chi connectivity index (χ2n) is 5.44. The van der Waals surface area contributed by atoms with E-state index in [0.717, 1.165) is 6.42 Å². The van der Waals surface area contributed by atoms with Gasteiger partial charge in [0.15, 0.2) is 0 Å². The maximum atomic E-state index is 11.4. The van der Waals surface area contributed by atoms with Crippen molar-refractivity contribution in [2.45, 2.75) is 34.1 Å². The van der Waals surface area contributed by atoms with E-state index in [4.69, 9.17) is 0 Å². The highest BCUT2D eigenvalue weighted by molar-refractivity contribution is 7.92. The molecule has 1 N–H and O–H groups in total. The lowest BCUT2D eigenvalue weighted by Crippen LogP contribution is -2.14. The number of rotatable bonds is 4. The zero-order valence-corrected chi connectivity index (χ0v) is 11.8. The molecule has 1 aromatic rings. The van der Waals surface area contributed by atoms with Gasteiger partial charge in [-0.05, 0) is 36.5 Å². The molecule has 0 saturated carbocycles. The van der Waals surface area contributed by atoms with Gasteiger partial charge in [-0.2, -0.15) is 0 Å². The molecular weight excluding hydrogens is 234 g/mol. The van der Waals surface area contributed by atoms with Gasteiger partial charge in [0.2, 0.25) is 10.0 Å². The van der Waals surface area contributed by atoms with Crippen LogP contribution in [-0.2, 0) is 16.4 Å². The molecule has 4 heteroatoms. The van der Waals surface area contributed by atoms with E-state index in [0.29, 0.717) is 5.69 Å². The Hall–Kier alpha value is -1.03. The average Bonchev–Trinajstić information content (AvgIpc) is 2.19. The van der Waals surface area contributed by atoms with Gasteiger partial charge in [0.1, 0.15) is 0 Å². The van der Waals surface area contributed by atoms with E-state index in [1.54, 1.807) is 6.92 Å². The van der Waals surface area contributed by atoms with Crippen LogP contribution in [0.15, 0.2) is 24.3 Å². The molecule has 0 amide bonds. The highest BCUT2D eigenvalue weighted by Gasteiger charge is 2.11. The Morgan fingerprint density at radius 1 is 1.12 bits per heavy atom. The Kier molecular flexibility index (Phi) is 4.20. The van der Waals surface area contributed by atoms with E-state index in [1.807, 2.05) is 24.3 Å². The van der Waals surface area contributed by atoms with Gasteiger partial charge in [-0.1, -0.05) is 32.9 Å². The molecule has 0 unspecified atom stereocenters. The van der Waals surface area contributed by atoms with Crippen LogP contribution in [0.5, 0.6) is 0 Å². The number of sulfonamides is 1. The van der Waals surface area contributed by atoms with Crippen LogP contribution in [0, 0.1) is 5.41 Å². The first-order valence-electron chi connectivity index (χ1n) is 5.81. The Morgan fingerprint density at radius 3 is 2.06 bits per heavy atom. The lowest BCUT2D eigenvalue weighted by molar-refractivity contribution is 0.411. The van der Waals surface area contributed by atoms with E-state index in [9.17, 15) is 8.42 Å². The highest BCUT2D eigenvalue weighted by Crippen LogP contribution is 2.21. The third-order valence-corrected chi connectivity index (χ3v) is 3.65. The van der Waals surface area contributed by atoms with Crippen molar-refractivity contribution >= 4 is 15.7 Å². The highest BCUT2D eigenvalue weighted by atomic mass is 32.2. The predicted octanol–water partition coefficient (Wildman–Crippen LogP) is 3.04. The molecule has 0 aliphatic carbocycles. The molecule has 0 fully saturated rings. The molecule has 1 aromatic carbocycles. The minimum absolute atomic E-state index is 0.0940. The largest absolute Gasteiger partial charge is 0.284 e. The maximum absolute atomic E-state index is 11.4. The van der Waals surface area contributed by atoms with Crippen LogP contribution in [0.3, 0.4) is 0 Å². The maximum Gasteiger partial charge on any atom is 0.232 e. The van der Waals surface area contributed by atoms with Gasteiger partial charge in [-0.3, -0.25) is 4.72 Å². The smallest absolute Gasteiger partial charge is 0.232 e. The Morgan fingerprint density at radius 2 is 1.65 bits per heavy atom. The van der Waals surface area contributed by atoms with Crippen LogP contribution in [0.25, 0.3) is 0 Å². The molecule has 0 aliphatic rings. The fourth-order valence-corrected chi connectivity index (χ4v) is 2.19. The fourth-order valence-electron chi connectivity index (χ4n) is 1.55. The summed E-state index contributed by atoms with van der Waals surface area (Å²) in [6, 6.07) is 7.57. The topological polar surface area (TPSA) is 46.2 Å². The second-order valence-corrected chi connectivity index (χ2v) is 7.45. The standard InChI is InChI=1S/C13H21NO2S/c1-5-17(15,16)14-12-8-6-11(7-9-12)10-13(2,3)4/h6-9,14H,5,10H2,1-4H3. The van der Waals surface area contributed by atoms with Gasteiger partial charge in [-0.15, -0.1) is 0 Å². The zero-order valence-electron chi connectivity index (χ0n) is 10.9. The summed E-state index contributed by atoms with van der Waals surface area (Å²) in [6.07, 6.45) is 0.980. The summed E-state index contributed by atoms with van der Waals surface area (Å²) in [7, 11) is -3.17. The normalized spacial score (nSPS) is 12.5. The lowest BCUT2D eigenvalue weighted by Gasteiger charge is -2.18. The summed E-state index contributed by atoms with van der Waals surface area (Å²) >= 11 is 0. The third kappa shape index (κ3) is 5.22. The van der Waals surface area contributed by atoms with Crippen LogP contribution in [0.1, 0.15) is 33.3 Å². The lowest BCUT2D eigenvalue weighted by atomic mass is 9.88. The van der Waals surface area contributed by atoms with Crippen LogP contribution in [-0.4, -0.2) is 14.2 Å². The van der Waals surface area contributed by atoms with Crippen molar-refractivity contribution in [2.75, 3.05) is 10.5 Å². The van der Waals surface area contributed by atoms with E-state index in [1.165, 1.54) is 5.56 Å². The molecule has 0 spiro atoms. The van der Waals surface area contributed by atoms with Crippen LogP contribution in [0.2, 0.25) is 0 Å². The zero-order chi connectivity index (χ0) is 13.1. The van der Waals surface area contributed by atoms with E-state index in [2.05, 4.69) is 25.5 Å². The molecular formula is C13H21NO2S. The van der Waals surface area contributed by atoms with E-state index < -0.39 is 10.0 Å².